The van der Waals surface area contributed by atoms with Crippen molar-refractivity contribution in [2.75, 3.05) is 20.3 Å². The molecule has 0 heterocycles. The standard InChI is InChI=1S/C11H17FN2O/c1-3-15-11-5-4-9(6-10(11)12)7-14-8-13-2/h4-6,13-14H,3,7-8H2,1-2H3. The molecule has 0 aliphatic carbocycles. The van der Waals surface area contributed by atoms with Crippen LogP contribution in [0.5, 0.6) is 5.75 Å². The summed E-state index contributed by atoms with van der Waals surface area (Å²) < 4.78 is 18.5. The smallest absolute Gasteiger partial charge is 0.165 e. The monoisotopic (exact) mass is 212 g/mol. The third kappa shape index (κ3) is 3.85. The van der Waals surface area contributed by atoms with Crippen LogP contribution < -0.4 is 15.4 Å². The molecule has 0 saturated heterocycles. The number of hydrogen-bond donors (Lipinski definition) is 2. The summed E-state index contributed by atoms with van der Waals surface area (Å²) in [6.45, 7) is 3.66. The molecule has 0 amide bonds. The number of rotatable bonds is 6. The van der Waals surface area contributed by atoms with Crippen molar-refractivity contribution in [3.05, 3.63) is 29.6 Å². The molecule has 0 fully saturated rings. The van der Waals surface area contributed by atoms with Gasteiger partial charge in [-0.3, -0.25) is 0 Å². The molecule has 0 aliphatic rings. The minimum Gasteiger partial charge on any atom is -0.491 e. The number of halogens is 1. The molecular weight excluding hydrogens is 195 g/mol. The molecule has 0 aliphatic heterocycles. The molecule has 15 heavy (non-hydrogen) atoms. The highest BCUT2D eigenvalue weighted by molar-refractivity contribution is 5.29. The second kappa shape index (κ2) is 6.37. The molecule has 4 heteroatoms. The van der Waals surface area contributed by atoms with E-state index in [2.05, 4.69) is 10.6 Å². The molecule has 3 nitrogen and oxygen atoms in total. The maximum Gasteiger partial charge on any atom is 0.165 e. The van der Waals surface area contributed by atoms with Gasteiger partial charge < -0.3 is 15.4 Å². The first kappa shape index (κ1) is 11.9. The minimum absolute atomic E-state index is 0.305. The zero-order valence-corrected chi connectivity index (χ0v) is 9.14. The fraction of sp³-hybridized carbons (Fsp3) is 0.455. The first-order valence-electron chi connectivity index (χ1n) is 5.04. The van der Waals surface area contributed by atoms with Crippen LogP contribution in [0.25, 0.3) is 0 Å². The largest absolute Gasteiger partial charge is 0.491 e. The maximum absolute atomic E-state index is 13.4. The van der Waals surface area contributed by atoms with Crippen molar-refractivity contribution >= 4 is 0 Å². The molecule has 0 aromatic heterocycles. The summed E-state index contributed by atoms with van der Waals surface area (Å²) in [6, 6.07) is 5.01. The van der Waals surface area contributed by atoms with Crippen molar-refractivity contribution in [3.8, 4) is 5.75 Å². The van der Waals surface area contributed by atoms with E-state index in [-0.39, 0.29) is 5.82 Å². The van der Waals surface area contributed by atoms with Gasteiger partial charge >= 0.3 is 0 Å². The average molecular weight is 212 g/mol. The summed E-state index contributed by atoms with van der Waals surface area (Å²) in [4.78, 5) is 0. The lowest BCUT2D eigenvalue weighted by Crippen LogP contribution is -2.25. The van der Waals surface area contributed by atoms with Gasteiger partial charge in [0.2, 0.25) is 0 Å². The first-order chi connectivity index (χ1) is 7.27. The van der Waals surface area contributed by atoms with Gasteiger partial charge in [-0.25, -0.2) is 4.39 Å². The summed E-state index contributed by atoms with van der Waals surface area (Å²) in [6.07, 6.45) is 0. The lowest BCUT2D eigenvalue weighted by molar-refractivity contribution is 0.321. The van der Waals surface area contributed by atoms with Crippen LogP contribution in [0.3, 0.4) is 0 Å². The van der Waals surface area contributed by atoms with E-state index < -0.39 is 0 Å². The molecule has 1 aromatic rings. The number of nitrogens with one attached hydrogen (secondary N) is 2. The van der Waals surface area contributed by atoms with Crippen LogP contribution in [0.1, 0.15) is 12.5 Å². The van der Waals surface area contributed by atoms with Crippen molar-refractivity contribution in [1.29, 1.82) is 0 Å². The molecule has 0 unspecified atom stereocenters. The molecule has 0 radical (unpaired) electrons. The first-order valence-corrected chi connectivity index (χ1v) is 5.04. The van der Waals surface area contributed by atoms with Crippen LogP contribution in [0.15, 0.2) is 18.2 Å². The van der Waals surface area contributed by atoms with E-state index in [0.717, 1.165) is 5.56 Å². The highest BCUT2D eigenvalue weighted by Gasteiger charge is 2.03. The zero-order valence-electron chi connectivity index (χ0n) is 9.14. The number of hydrogen-bond acceptors (Lipinski definition) is 3. The summed E-state index contributed by atoms with van der Waals surface area (Å²) in [5.41, 5.74) is 0.909. The summed E-state index contributed by atoms with van der Waals surface area (Å²) in [5.74, 6) is 0.00970. The Hall–Kier alpha value is -1.13. The molecule has 0 atom stereocenters. The van der Waals surface area contributed by atoms with Crippen LogP contribution >= 0.6 is 0 Å². The second-order valence-electron chi connectivity index (χ2n) is 3.15. The van der Waals surface area contributed by atoms with Gasteiger partial charge in [0.15, 0.2) is 11.6 Å². The van der Waals surface area contributed by atoms with E-state index >= 15 is 0 Å². The van der Waals surface area contributed by atoms with Crippen LogP contribution in [-0.2, 0) is 6.54 Å². The van der Waals surface area contributed by atoms with E-state index in [1.54, 1.807) is 6.07 Å². The molecule has 0 saturated carbocycles. The van der Waals surface area contributed by atoms with Crippen molar-refractivity contribution in [3.63, 3.8) is 0 Å². The van der Waals surface area contributed by atoms with Gasteiger partial charge in [-0.15, -0.1) is 0 Å². The van der Waals surface area contributed by atoms with Crippen LogP contribution in [0, 0.1) is 5.82 Å². The summed E-state index contributed by atoms with van der Waals surface area (Å²) >= 11 is 0. The Kier molecular flexibility index (Phi) is 5.07. The second-order valence-corrected chi connectivity index (χ2v) is 3.15. The fourth-order valence-corrected chi connectivity index (χ4v) is 1.26. The Morgan fingerprint density at radius 3 is 2.80 bits per heavy atom. The van der Waals surface area contributed by atoms with Gasteiger partial charge in [-0.2, -0.15) is 0 Å². The highest BCUT2D eigenvalue weighted by atomic mass is 19.1. The molecule has 0 bridgehead atoms. The molecule has 84 valence electrons. The van der Waals surface area contributed by atoms with Crippen molar-refractivity contribution in [2.45, 2.75) is 13.5 Å². The normalized spacial score (nSPS) is 10.3. The van der Waals surface area contributed by atoms with Crippen LogP contribution in [-0.4, -0.2) is 20.3 Å². The Bertz CT molecular complexity index is 305. The lowest BCUT2D eigenvalue weighted by Gasteiger charge is -2.07. The van der Waals surface area contributed by atoms with E-state index in [0.29, 0.717) is 25.6 Å². The predicted molar refractivity (Wildman–Crippen MR) is 58.3 cm³/mol. The topological polar surface area (TPSA) is 33.3 Å². The Morgan fingerprint density at radius 1 is 1.40 bits per heavy atom. The Morgan fingerprint density at radius 2 is 2.20 bits per heavy atom. The molecule has 1 aromatic carbocycles. The van der Waals surface area contributed by atoms with Gasteiger partial charge in [0.1, 0.15) is 0 Å². The van der Waals surface area contributed by atoms with Crippen molar-refractivity contribution < 1.29 is 9.13 Å². The maximum atomic E-state index is 13.4. The molecule has 1 rings (SSSR count). The minimum atomic E-state index is -0.305. The van der Waals surface area contributed by atoms with Crippen molar-refractivity contribution in [2.24, 2.45) is 0 Å². The third-order valence-electron chi connectivity index (χ3n) is 1.93. The van der Waals surface area contributed by atoms with Crippen molar-refractivity contribution in [1.82, 2.24) is 10.6 Å². The summed E-state index contributed by atoms with van der Waals surface area (Å²) in [5, 5.41) is 6.07. The Labute approximate surface area is 89.6 Å². The van der Waals surface area contributed by atoms with Crippen LogP contribution in [0.2, 0.25) is 0 Å². The van der Waals surface area contributed by atoms with E-state index in [1.165, 1.54) is 6.07 Å². The number of ether oxygens (including phenoxy) is 1. The predicted octanol–water partition coefficient (Wildman–Crippen LogP) is 1.49. The van der Waals surface area contributed by atoms with E-state index in [9.17, 15) is 4.39 Å². The van der Waals surface area contributed by atoms with Gasteiger partial charge in [0, 0.05) is 13.2 Å². The van der Waals surface area contributed by atoms with Gasteiger partial charge in [-0.1, -0.05) is 6.07 Å². The van der Waals surface area contributed by atoms with E-state index in [1.807, 2.05) is 20.0 Å². The average Bonchev–Trinajstić information content (AvgIpc) is 2.23. The van der Waals surface area contributed by atoms with Crippen LogP contribution in [0.4, 0.5) is 4.39 Å². The van der Waals surface area contributed by atoms with Gasteiger partial charge in [-0.05, 0) is 31.7 Å². The Balaban J connectivity index is 2.56. The van der Waals surface area contributed by atoms with E-state index in [4.69, 9.17) is 4.74 Å². The lowest BCUT2D eigenvalue weighted by atomic mass is 10.2. The molecular formula is C11H17FN2O. The number of benzene rings is 1. The van der Waals surface area contributed by atoms with Gasteiger partial charge in [0.05, 0.1) is 6.61 Å². The molecule has 0 spiro atoms. The summed E-state index contributed by atoms with van der Waals surface area (Å²) in [7, 11) is 1.85. The molecule has 2 N–H and O–H groups in total. The SMILES string of the molecule is CCOc1ccc(CNCNC)cc1F. The quantitative estimate of drug-likeness (QED) is 0.553. The highest BCUT2D eigenvalue weighted by Crippen LogP contribution is 2.17. The van der Waals surface area contributed by atoms with Gasteiger partial charge in [0.25, 0.3) is 0 Å². The fourth-order valence-electron chi connectivity index (χ4n) is 1.26. The third-order valence-corrected chi connectivity index (χ3v) is 1.93. The zero-order chi connectivity index (χ0) is 11.1.